The number of halogens is 1. The van der Waals surface area contributed by atoms with Crippen molar-refractivity contribution in [2.24, 2.45) is 10.9 Å². The third kappa shape index (κ3) is 16.1. The summed E-state index contributed by atoms with van der Waals surface area (Å²) in [7, 11) is 3.89. The van der Waals surface area contributed by atoms with Gasteiger partial charge in [-0.05, 0) is 32.7 Å². The average Bonchev–Trinajstić information content (AvgIpc) is 2.38. The number of methoxy groups -OCH3 is 1. The lowest BCUT2D eigenvalue weighted by molar-refractivity contribution is 0.180. The van der Waals surface area contributed by atoms with Crippen LogP contribution in [0, 0.1) is 5.92 Å². The summed E-state index contributed by atoms with van der Waals surface area (Å²) in [5.41, 5.74) is 0. The van der Waals surface area contributed by atoms with Gasteiger partial charge in [0.1, 0.15) is 0 Å². The molecule has 0 fully saturated rings. The van der Waals surface area contributed by atoms with Crippen LogP contribution in [0.4, 0.5) is 0 Å². The Morgan fingerprint density at radius 2 is 1.95 bits per heavy atom. The average molecular weight is 414 g/mol. The molecule has 128 valence electrons. The Kier molecular flexibility index (Phi) is 18.0. The van der Waals surface area contributed by atoms with Crippen molar-refractivity contribution in [2.75, 3.05) is 53.5 Å². The molecule has 0 aliphatic carbocycles. The fourth-order valence-corrected chi connectivity index (χ4v) is 1.73. The third-order valence-electron chi connectivity index (χ3n) is 2.99. The van der Waals surface area contributed by atoms with Crippen LogP contribution in [0.5, 0.6) is 0 Å². The summed E-state index contributed by atoms with van der Waals surface area (Å²) in [6, 6.07) is 0. The number of guanidine groups is 1. The lowest BCUT2D eigenvalue weighted by Gasteiger charge is -2.18. The van der Waals surface area contributed by atoms with Gasteiger partial charge in [0.25, 0.3) is 0 Å². The first-order valence-electron chi connectivity index (χ1n) is 7.79. The normalized spacial score (nSPS) is 11.7. The van der Waals surface area contributed by atoms with Gasteiger partial charge in [0.2, 0.25) is 0 Å². The topological polar surface area (TPSA) is 48.9 Å². The van der Waals surface area contributed by atoms with Crippen molar-refractivity contribution in [2.45, 2.75) is 33.6 Å². The predicted molar refractivity (Wildman–Crippen MR) is 103 cm³/mol. The van der Waals surface area contributed by atoms with Gasteiger partial charge in [-0.3, -0.25) is 4.99 Å². The van der Waals surface area contributed by atoms with Crippen molar-refractivity contribution in [3.63, 3.8) is 0 Å². The molecule has 0 aliphatic heterocycles. The SMILES string of the molecule is CCNC(=NCCC(C)C)NCCN(C)CCCOC.I. The summed E-state index contributed by atoms with van der Waals surface area (Å²) in [5.74, 6) is 1.63. The van der Waals surface area contributed by atoms with Crippen molar-refractivity contribution in [1.82, 2.24) is 15.5 Å². The highest BCUT2D eigenvalue weighted by atomic mass is 127. The number of ether oxygens (including phenoxy) is 1. The molecule has 0 aromatic heterocycles. The monoisotopic (exact) mass is 414 g/mol. The van der Waals surface area contributed by atoms with Gasteiger partial charge >= 0.3 is 0 Å². The highest BCUT2D eigenvalue weighted by Gasteiger charge is 2.00. The van der Waals surface area contributed by atoms with E-state index in [-0.39, 0.29) is 24.0 Å². The van der Waals surface area contributed by atoms with E-state index >= 15 is 0 Å². The Balaban J connectivity index is 0. The molecular weight excluding hydrogens is 379 g/mol. The summed E-state index contributed by atoms with van der Waals surface area (Å²) in [6.45, 7) is 12.2. The quantitative estimate of drug-likeness (QED) is 0.236. The first-order valence-corrected chi connectivity index (χ1v) is 7.79. The number of likely N-dealkylation sites (N-methyl/N-ethyl adjacent to an activating group) is 1. The van der Waals surface area contributed by atoms with E-state index in [0.717, 1.165) is 58.1 Å². The van der Waals surface area contributed by atoms with E-state index in [1.54, 1.807) is 7.11 Å². The van der Waals surface area contributed by atoms with Crippen LogP contribution in [0.15, 0.2) is 4.99 Å². The number of nitrogens with zero attached hydrogens (tertiary/aromatic N) is 2. The maximum Gasteiger partial charge on any atom is 0.191 e. The van der Waals surface area contributed by atoms with Crippen LogP contribution in [0.25, 0.3) is 0 Å². The van der Waals surface area contributed by atoms with Crippen LogP contribution in [0.1, 0.15) is 33.6 Å². The van der Waals surface area contributed by atoms with E-state index in [0.29, 0.717) is 5.92 Å². The summed E-state index contributed by atoms with van der Waals surface area (Å²) in [4.78, 5) is 6.89. The van der Waals surface area contributed by atoms with Gasteiger partial charge in [-0.2, -0.15) is 0 Å². The molecule has 5 nitrogen and oxygen atoms in total. The van der Waals surface area contributed by atoms with Gasteiger partial charge in [-0.1, -0.05) is 13.8 Å². The molecule has 21 heavy (non-hydrogen) atoms. The summed E-state index contributed by atoms with van der Waals surface area (Å²) < 4.78 is 5.06. The molecule has 0 bridgehead atoms. The van der Waals surface area contributed by atoms with Gasteiger partial charge in [0.15, 0.2) is 5.96 Å². The van der Waals surface area contributed by atoms with E-state index < -0.39 is 0 Å². The summed E-state index contributed by atoms with van der Waals surface area (Å²) in [5, 5.41) is 6.66. The summed E-state index contributed by atoms with van der Waals surface area (Å²) in [6.07, 6.45) is 2.21. The molecule has 0 aromatic rings. The molecule has 2 N–H and O–H groups in total. The van der Waals surface area contributed by atoms with Crippen LogP contribution in [-0.4, -0.2) is 64.3 Å². The van der Waals surface area contributed by atoms with Crippen molar-refractivity contribution < 1.29 is 4.74 Å². The fraction of sp³-hybridized carbons (Fsp3) is 0.933. The molecule has 6 heteroatoms. The zero-order chi connectivity index (χ0) is 15.2. The van der Waals surface area contributed by atoms with Crippen molar-refractivity contribution in [3.8, 4) is 0 Å². The second-order valence-electron chi connectivity index (χ2n) is 5.52. The van der Waals surface area contributed by atoms with Crippen LogP contribution < -0.4 is 10.6 Å². The van der Waals surface area contributed by atoms with E-state index in [1.807, 2.05) is 0 Å². The standard InChI is InChI=1S/C15H34N4O.HI/c1-6-16-15(17-9-8-14(2)3)18-10-12-19(4)11-7-13-20-5;/h14H,6-13H2,1-5H3,(H2,16,17,18);1H. The Hall–Kier alpha value is -0.0800. The molecule has 0 radical (unpaired) electrons. The lowest BCUT2D eigenvalue weighted by Crippen LogP contribution is -2.41. The Morgan fingerprint density at radius 1 is 1.24 bits per heavy atom. The lowest BCUT2D eigenvalue weighted by atomic mass is 10.1. The molecule has 0 amide bonds. The zero-order valence-electron chi connectivity index (χ0n) is 14.4. The van der Waals surface area contributed by atoms with Crippen molar-refractivity contribution in [3.05, 3.63) is 0 Å². The fourth-order valence-electron chi connectivity index (χ4n) is 1.73. The molecule has 0 saturated carbocycles. The molecule has 0 aliphatic rings. The van der Waals surface area contributed by atoms with Gasteiger partial charge in [0.05, 0.1) is 0 Å². The van der Waals surface area contributed by atoms with E-state index in [1.165, 1.54) is 0 Å². The largest absolute Gasteiger partial charge is 0.385 e. The number of nitrogens with one attached hydrogen (secondary N) is 2. The highest BCUT2D eigenvalue weighted by Crippen LogP contribution is 1.98. The maximum atomic E-state index is 5.06. The molecule has 0 spiro atoms. The van der Waals surface area contributed by atoms with Crippen LogP contribution in [0.2, 0.25) is 0 Å². The molecule has 0 unspecified atom stereocenters. The van der Waals surface area contributed by atoms with Gasteiger partial charge < -0.3 is 20.3 Å². The number of rotatable bonds is 11. The molecular formula is C15H35IN4O. The first-order chi connectivity index (χ1) is 9.60. The van der Waals surface area contributed by atoms with Gasteiger partial charge in [0, 0.05) is 46.4 Å². The minimum atomic E-state index is 0. The van der Waals surface area contributed by atoms with E-state index in [4.69, 9.17) is 4.74 Å². The second-order valence-corrected chi connectivity index (χ2v) is 5.52. The van der Waals surface area contributed by atoms with E-state index in [9.17, 15) is 0 Å². The Morgan fingerprint density at radius 3 is 2.52 bits per heavy atom. The second kappa shape index (κ2) is 16.3. The molecule has 0 saturated heterocycles. The van der Waals surface area contributed by atoms with E-state index in [2.05, 4.69) is 48.3 Å². The molecule has 0 aromatic carbocycles. The molecule has 0 rings (SSSR count). The Bertz CT molecular complexity index is 250. The van der Waals surface area contributed by atoms with Gasteiger partial charge in [-0.25, -0.2) is 0 Å². The van der Waals surface area contributed by atoms with Crippen molar-refractivity contribution in [1.29, 1.82) is 0 Å². The molecule has 0 atom stereocenters. The number of aliphatic imine (C=N–C) groups is 1. The highest BCUT2D eigenvalue weighted by molar-refractivity contribution is 14.0. The van der Waals surface area contributed by atoms with Crippen LogP contribution in [-0.2, 0) is 4.74 Å². The smallest absolute Gasteiger partial charge is 0.191 e. The number of hydrogen-bond acceptors (Lipinski definition) is 3. The maximum absolute atomic E-state index is 5.06. The zero-order valence-corrected chi connectivity index (χ0v) is 16.8. The first kappa shape index (κ1) is 23.2. The van der Waals surface area contributed by atoms with Crippen molar-refractivity contribution >= 4 is 29.9 Å². The minimum absolute atomic E-state index is 0. The minimum Gasteiger partial charge on any atom is -0.385 e. The Labute approximate surface area is 148 Å². The predicted octanol–water partition coefficient (Wildman–Crippen LogP) is 2.17. The van der Waals surface area contributed by atoms with Crippen LogP contribution >= 0.6 is 24.0 Å². The summed E-state index contributed by atoms with van der Waals surface area (Å²) >= 11 is 0. The van der Waals surface area contributed by atoms with Crippen LogP contribution in [0.3, 0.4) is 0 Å². The molecule has 0 heterocycles. The number of hydrogen-bond donors (Lipinski definition) is 2. The third-order valence-corrected chi connectivity index (χ3v) is 2.99. The van der Waals surface area contributed by atoms with Gasteiger partial charge in [-0.15, -0.1) is 24.0 Å².